The number of alkyl carbamates (subject to hydrolysis) is 1. The zero-order valence-corrected chi connectivity index (χ0v) is 25.6. The third-order valence-electron chi connectivity index (χ3n) is 6.79. The fourth-order valence-corrected chi connectivity index (χ4v) is 4.92. The number of carbonyl (C=O) groups excluding carboxylic acids is 3. The molecular formula is C35H42N4O4. The van der Waals surface area contributed by atoms with Crippen molar-refractivity contribution in [1.82, 2.24) is 16.0 Å². The summed E-state index contributed by atoms with van der Waals surface area (Å²) >= 11 is 0. The Balaban J connectivity index is 1.79. The minimum absolute atomic E-state index is 0.0128. The summed E-state index contributed by atoms with van der Waals surface area (Å²) in [7, 11) is 0. The van der Waals surface area contributed by atoms with E-state index >= 15 is 0 Å². The molecule has 0 spiro atoms. The van der Waals surface area contributed by atoms with Crippen LogP contribution in [-0.2, 0) is 19.9 Å². The van der Waals surface area contributed by atoms with Gasteiger partial charge >= 0.3 is 6.09 Å². The van der Waals surface area contributed by atoms with Crippen LogP contribution in [0.15, 0.2) is 91.0 Å². The molecule has 8 heteroatoms. The highest BCUT2D eigenvalue weighted by Gasteiger charge is 2.38. The van der Waals surface area contributed by atoms with Crippen molar-refractivity contribution in [3.05, 3.63) is 108 Å². The monoisotopic (exact) mass is 582 g/mol. The van der Waals surface area contributed by atoms with E-state index in [1.54, 1.807) is 20.8 Å². The summed E-state index contributed by atoms with van der Waals surface area (Å²) in [4.78, 5) is 39.2. The number of nitriles is 1. The van der Waals surface area contributed by atoms with E-state index in [0.29, 0.717) is 6.42 Å². The molecule has 2 atom stereocenters. The average Bonchev–Trinajstić information content (AvgIpc) is 2.97. The van der Waals surface area contributed by atoms with Crippen LogP contribution >= 0.6 is 0 Å². The zero-order valence-electron chi connectivity index (χ0n) is 25.6. The molecule has 0 aromatic heterocycles. The number of hydrogen-bond acceptors (Lipinski definition) is 5. The fraction of sp³-hybridized carbons (Fsp3) is 0.371. The summed E-state index contributed by atoms with van der Waals surface area (Å²) in [6.45, 7) is 9.08. The topological polar surface area (TPSA) is 120 Å². The maximum Gasteiger partial charge on any atom is 0.408 e. The molecule has 0 aliphatic rings. The van der Waals surface area contributed by atoms with Crippen LogP contribution in [0.3, 0.4) is 0 Å². The van der Waals surface area contributed by atoms with Gasteiger partial charge in [0, 0.05) is 6.42 Å². The molecule has 3 aromatic carbocycles. The molecule has 0 saturated heterocycles. The molecule has 0 radical (unpaired) electrons. The van der Waals surface area contributed by atoms with Crippen LogP contribution in [0, 0.1) is 17.2 Å². The summed E-state index contributed by atoms with van der Waals surface area (Å²) in [6, 6.07) is 29.5. The SMILES string of the molecule is CC(C)C[C@H](NC(=O)OC(C)(C)C)C(=O)N[C@H](C#N)CCC(=O)NC(c1ccccc1)(c1ccccc1)c1ccccc1. The van der Waals surface area contributed by atoms with Gasteiger partial charge in [-0.1, -0.05) is 105 Å². The summed E-state index contributed by atoms with van der Waals surface area (Å²) in [5.41, 5.74) is 0.952. The van der Waals surface area contributed by atoms with E-state index in [0.717, 1.165) is 16.7 Å². The number of amides is 3. The summed E-state index contributed by atoms with van der Waals surface area (Å²) in [5, 5.41) is 18.4. The summed E-state index contributed by atoms with van der Waals surface area (Å²) < 4.78 is 5.32. The molecule has 8 nitrogen and oxygen atoms in total. The second kappa shape index (κ2) is 15.0. The molecule has 3 amide bonds. The zero-order chi connectivity index (χ0) is 31.5. The number of benzene rings is 3. The molecule has 0 fully saturated rings. The summed E-state index contributed by atoms with van der Waals surface area (Å²) in [5.74, 6) is -0.686. The largest absolute Gasteiger partial charge is 0.444 e. The number of carbonyl (C=O) groups is 3. The lowest BCUT2D eigenvalue weighted by Crippen LogP contribution is -2.51. The highest BCUT2D eigenvalue weighted by molar-refractivity contribution is 5.86. The van der Waals surface area contributed by atoms with Crippen molar-refractivity contribution in [2.24, 2.45) is 5.92 Å². The van der Waals surface area contributed by atoms with Gasteiger partial charge in [0.25, 0.3) is 0 Å². The third kappa shape index (κ3) is 9.44. The molecule has 0 aliphatic heterocycles. The maximum absolute atomic E-state index is 13.6. The van der Waals surface area contributed by atoms with Crippen LogP contribution in [0.4, 0.5) is 4.79 Å². The molecule has 0 aliphatic carbocycles. The van der Waals surface area contributed by atoms with Gasteiger partial charge in [0.15, 0.2) is 0 Å². The molecule has 0 heterocycles. The first-order valence-corrected chi connectivity index (χ1v) is 14.6. The first kappa shape index (κ1) is 32.9. The van der Waals surface area contributed by atoms with Crippen molar-refractivity contribution < 1.29 is 19.1 Å². The van der Waals surface area contributed by atoms with Crippen molar-refractivity contribution in [3.63, 3.8) is 0 Å². The van der Waals surface area contributed by atoms with E-state index in [1.165, 1.54) is 0 Å². The second-order valence-corrected chi connectivity index (χ2v) is 12.0. The van der Waals surface area contributed by atoms with Crippen molar-refractivity contribution in [3.8, 4) is 6.07 Å². The molecule has 3 N–H and O–H groups in total. The minimum atomic E-state index is -0.980. The van der Waals surface area contributed by atoms with Crippen LogP contribution in [0.5, 0.6) is 0 Å². The van der Waals surface area contributed by atoms with Crippen molar-refractivity contribution >= 4 is 17.9 Å². The molecule has 0 bridgehead atoms. The molecule has 226 valence electrons. The van der Waals surface area contributed by atoms with Gasteiger partial charge in [-0.25, -0.2) is 4.79 Å². The smallest absolute Gasteiger partial charge is 0.408 e. The van der Waals surface area contributed by atoms with Crippen LogP contribution in [0.25, 0.3) is 0 Å². The molecule has 3 aromatic rings. The quantitative estimate of drug-likeness (QED) is 0.232. The Kier molecular flexibility index (Phi) is 11.5. The summed E-state index contributed by atoms with van der Waals surface area (Å²) in [6.07, 6.45) is -0.276. The number of hydrogen-bond donors (Lipinski definition) is 3. The average molecular weight is 583 g/mol. The van der Waals surface area contributed by atoms with Gasteiger partial charge < -0.3 is 20.7 Å². The lowest BCUT2D eigenvalue weighted by atomic mass is 9.77. The van der Waals surface area contributed by atoms with E-state index in [-0.39, 0.29) is 24.7 Å². The third-order valence-corrected chi connectivity index (χ3v) is 6.79. The number of nitrogens with zero attached hydrogens (tertiary/aromatic N) is 1. The molecule has 43 heavy (non-hydrogen) atoms. The maximum atomic E-state index is 13.6. The first-order chi connectivity index (χ1) is 20.4. The van der Waals surface area contributed by atoms with E-state index in [2.05, 4.69) is 22.0 Å². The number of nitrogens with one attached hydrogen (secondary N) is 3. The van der Waals surface area contributed by atoms with E-state index < -0.39 is 35.2 Å². The van der Waals surface area contributed by atoms with Gasteiger partial charge in [0.1, 0.15) is 23.2 Å². The van der Waals surface area contributed by atoms with Gasteiger partial charge in [-0.2, -0.15) is 5.26 Å². The Hall–Kier alpha value is -4.64. The number of ether oxygens (including phenoxy) is 1. The van der Waals surface area contributed by atoms with Gasteiger partial charge in [-0.05, 0) is 56.2 Å². The van der Waals surface area contributed by atoms with Crippen molar-refractivity contribution in [2.75, 3.05) is 0 Å². The van der Waals surface area contributed by atoms with Gasteiger partial charge in [-0.15, -0.1) is 0 Å². The van der Waals surface area contributed by atoms with Gasteiger partial charge in [0.05, 0.1) is 6.07 Å². The molecule has 0 unspecified atom stereocenters. The predicted octanol–water partition coefficient (Wildman–Crippen LogP) is 5.82. The Labute approximate surface area is 254 Å². The Morgan fingerprint density at radius 2 is 1.26 bits per heavy atom. The first-order valence-electron chi connectivity index (χ1n) is 14.6. The lowest BCUT2D eigenvalue weighted by molar-refractivity contribution is -0.125. The van der Waals surface area contributed by atoms with Crippen LogP contribution in [0.2, 0.25) is 0 Å². The molecule has 0 saturated carbocycles. The van der Waals surface area contributed by atoms with E-state index in [1.807, 2.05) is 105 Å². The van der Waals surface area contributed by atoms with Crippen molar-refractivity contribution in [2.45, 2.75) is 77.1 Å². The minimum Gasteiger partial charge on any atom is -0.444 e. The fourth-order valence-electron chi connectivity index (χ4n) is 4.92. The Bertz CT molecular complexity index is 1280. The normalized spacial score (nSPS) is 12.9. The standard InChI is InChI=1S/C35H42N4O4/c1-25(2)23-30(38-33(42)43-34(3,4)5)32(41)37-29(24-36)21-22-31(40)39-35(26-15-9-6-10-16-26,27-17-11-7-12-18-27)28-19-13-8-14-20-28/h6-20,25,29-30H,21-23H2,1-5H3,(H,37,41)(H,38,42)(H,39,40)/t29-,30-/m0/s1. The van der Waals surface area contributed by atoms with Gasteiger partial charge in [0.2, 0.25) is 11.8 Å². The predicted molar refractivity (Wildman–Crippen MR) is 167 cm³/mol. The lowest BCUT2D eigenvalue weighted by Gasteiger charge is -2.37. The van der Waals surface area contributed by atoms with Crippen LogP contribution in [0.1, 0.15) is 70.6 Å². The molecular weight excluding hydrogens is 540 g/mol. The molecule has 3 rings (SSSR count). The van der Waals surface area contributed by atoms with Crippen LogP contribution < -0.4 is 16.0 Å². The Morgan fingerprint density at radius 3 is 1.65 bits per heavy atom. The van der Waals surface area contributed by atoms with Crippen molar-refractivity contribution in [1.29, 1.82) is 5.26 Å². The van der Waals surface area contributed by atoms with Gasteiger partial charge in [-0.3, -0.25) is 9.59 Å². The van der Waals surface area contributed by atoms with Crippen LogP contribution in [-0.4, -0.2) is 35.6 Å². The second-order valence-electron chi connectivity index (χ2n) is 12.0. The Morgan fingerprint density at radius 1 is 0.791 bits per heavy atom. The van der Waals surface area contributed by atoms with E-state index in [4.69, 9.17) is 4.74 Å². The van der Waals surface area contributed by atoms with E-state index in [9.17, 15) is 19.6 Å². The highest BCUT2D eigenvalue weighted by atomic mass is 16.6. The highest BCUT2D eigenvalue weighted by Crippen LogP contribution is 2.36. The number of rotatable bonds is 12.